The van der Waals surface area contributed by atoms with Crippen molar-refractivity contribution >= 4 is 0 Å². The molecule has 3 nitrogen and oxygen atoms in total. The molecule has 1 aliphatic rings. The van der Waals surface area contributed by atoms with Gasteiger partial charge in [0.25, 0.3) is 0 Å². The van der Waals surface area contributed by atoms with Gasteiger partial charge in [0.05, 0.1) is 6.61 Å². The molecule has 1 saturated heterocycles. The second-order valence-corrected chi connectivity index (χ2v) is 4.56. The van der Waals surface area contributed by atoms with Crippen LogP contribution in [0.25, 0.3) is 0 Å². The van der Waals surface area contributed by atoms with Gasteiger partial charge >= 0.3 is 0 Å². The van der Waals surface area contributed by atoms with Gasteiger partial charge in [-0.2, -0.15) is 0 Å². The zero-order valence-corrected chi connectivity index (χ0v) is 10.2. The molecule has 2 N–H and O–H groups in total. The number of hydrogen-bond acceptors (Lipinski definition) is 3. The van der Waals surface area contributed by atoms with Gasteiger partial charge in [0.2, 0.25) is 0 Å². The molecule has 0 spiro atoms. The number of nitrogens with two attached hydrogens (primary N) is 1. The van der Waals surface area contributed by atoms with E-state index >= 15 is 0 Å². The van der Waals surface area contributed by atoms with Crippen LogP contribution in [0.5, 0.6) is 0 Å². The molecule has 0 bridgehead atoms. The van der Waals surface area contributed by atoms with Crippen LogP contribution in [0.4, 0.5) is 4.39 Å². The summed E-state index contributed by atoms with van der Waals surface area (Å²) in [5.74, 6) is -0.219. The Morgan fingerprint density at radius 3 is 3.00 bits per heavy atom. The van der Waals surface area contributed by atoms with E-state index in [-0.39, 0.29) is 12.4 Å². The lowest BCUT2D eigenvalue weighted by Gasteiger charge is -2.23. The summed E-state index contributed by atoms with van der Waals surface area (Å²) in [5, 5.41) is 0. The van der Waals surface area contributed by atoms with Crippen LogP contribution in [0.1, 0.15) is 17.5 Å². The van der Waals surface area contributed by atoms with Crippen LogP contribution < -0.4 is 5.73 Å². The topological polar surface area (TPSA) is 38.5 Å². The lowest BCUT2D eigenvalue weighted by molar-refractivity contribution is 0.156. The molecule has 17 heavy (non-hydrogen) atoms. The fraction of sp³-hybridized carbons (Fsp3) is 0.538. The van der Waals surface area contributed by atoms with Gasteiger partial charge in [-0.05, 0) is 25.1 Å². The molecule has 1 aromatic rings. The van der Waals surface area contributed by atoms with Crippen molar-refractivity contribution in [1.82, 2.24) is 4.90 Å². The Morgan fingerprint density at radius 1 is 1.53 bits per heavy atom. The second-order valence-electron chi connectivity index (χ2n) is 4.56. The summed E-state index contributed by atoms with van der Waals surface area (Å²) >= 11 is 0. The fourth-order valence-electron chi connectivity index (χ4n) is 2.17. The molecule has 1 fully saturated rings. The van der Waals surface area contributed by atoms with E-state index < -0.39 is 0 Å². The first kappa shape index (κ1) is 12.5. The van der Waals surface area contributed by atoms with E-state index in [1.54, 1.807) is 0 Å². The minimum atomic E-state index is -0.219. The lowest BCUT2D eigenvalue weighted by atomic mass is 10.1. The van der Waals surface area contributed by atoms with Gasteiger partial charge < -0.3 is 10.5 Å². The van der Waals surface area contributed by atoms with E-state index in [0.717, 1.165) is 31.7 Å². The van der Waals surface area contributed by atoms with Crippen molar-refractivity contribution in [1.29, 1.82) is 0 Å². The van der Waals surface area contributed by atoms with Crippen molar-refractivity contribution < 1.29 is 9.13 Å². The molecule has 0 amide bonds. The first-order valence-electron chi connectivity index (χ1n) is 5.96. The maximum Gasteiger partial charge on any atom is 0.127 e. The number of nitrogens with zero attached hydrogens (tertiary/aromatic N) is 1. The Bertz CT molecular complexity index is 378. The fourth-order valence-corrected chi connectivity index (χ4v) is 2.17. The van der Waals surface area contributed by atoms with Gasteiger partial charge in [0.1, 0.15) is 5.82 Å². The summed E-state index contributed by atoms with van der Waals surface area (Å²) < 4.78 is 18.7. The maximum absolute atomic E-state index is 13.3. The van der Waals surface area contributed by atoms with Gasteiger partial charge in [0.15, 0.2) is 0 Å². The predicted molar refractivity (Wildman–Crippen MR) is 65.0 cm³/mol. The van der Waals surface area contributed by atoms with E-state index in [1.807, 2.05) is 12.1 Å². The molecule has 4 heteroatoms. The summed E-state index contributed by atoms with van der Waals surface area (Å²) in [4.78, 5) is 2.25. The highest BCUT2D eigenvalue weighted by Gasteiger charge is 2.20. The van der Waals surface area contributed by atoms with Gasteiger partial charge in [-0.25, -0.2) is 4.39 Å². The van der Waals surface area contributed by atoms with Crippen molar-refractivity contribution in [2.45, 2.75) is 25.6 Å². The third kappa shape index (κ3) is 3.03. The number of rotatable bonds is 4. The van der Waals surface area contributed by atoms with Gasteiger partial charge in [-0.15, -0.1) is 0 Å². The first-order valence-corrected chi connectivity index (χ1v) is 5.96. The quantitative estimate of drug-likeness (QED) is 0.864. The third-order valence-corrected chi connectivity index (χ3v) is 3.29. The number of ether oxygens (including phenoxy) is 1. The molecule has 2 rings (SSSR count). The smallest absolute Gasteiger partial charge is 0.127 e. The molecular formula is C13H19FN2O. The summed E-state index contributed by atoms with van der Waals surface area (Å²) in [6, 6.07) is 5.64. The molecule has 0 saturated carbocycles. The van der Waals surface area contributed by atoms with Crippen LogP contribution in [0.15, 0.2) is 18.2 Å². The maximum atomic E-state index is 13.3. The van der Waals surface area contributed by atoms with E-state index in [0.29, 0.717) is 11.6 Å². The standard InChI is InChI=1S/C13H19FN2O/c1-16(12-4-5-17-9-12)8-10-2-3-13(14)11(6-10)7-15/h2-3,6,12H,4-5,7-9,15H2,1H3. The van der Waals surface area contributed by atoms with Gasteiger partial charge in [-0.1, -0.05) is 12.1 Å². The molecule has 1 unspecified atom stereocenters. The Labute approximate surface area is 101 Å². The Morgan fingerprint density at radius 2 is 2.35 bits per heavy atom. The minimum Gasteiger partial charge on any atom is -0.380 e. The van der Waals surface area contributed by atoms with Crippen molar-refractivity contribution in [2.24, 2.45) is 5.73 Å². The molecule has 1 aromatic carbocycles. The summed E-state index contributed by atoms with van der Waals surface area (Å²) in [6.45, 7) is 2.69. The second kappa shape index (κ2) is 5.58. The van der Waals surface area contributed by atoms with Crippen LogP contribution >= 0.6 is 0 Å². The van der Waals surface area contributed by atoms with Crippen LogP contribution in [0.3, 0.4) is 0 Å². The first-order chi connectivity index (χ1) is 8.20. The van der Waals surface area contributed by atoms with E-state index in [1.165, 1.54) is 6.07 Å². The van der Waals surface area contributed by atoms with Crippen LogP contribution in [-0.2, 0) is 17.8 Å². The Hall–Kier alpha value is -0.970. The molecular weight excluding hydrogens is 219 g/mol. The van der Waals surface area contributed by atoms with Crippen LogP contribution in [0, 0.1) is 5.82 Å². The van der Waals surface area contributed by atoms with Crippen molar-refractivity contribution in [3.63, 3.8) is 0 Å². The highest BCUT2D eigenvalue weighted by molar-refractivity contribution is 5.25. The summed E-state index contributed by atoms with van der Waals surface area (Å²) in [7, 11) is 2.07. The van der Waals surface area contributed by atoms with Crippen LogP contribution in [-0.4, -0.2) is 31.2 Å². The highest BCUT2D eigenvalue weighted by Crippen LogP contribution is 2.16. The molecule has 1 heterocycles. The minimum absolute atomic E-state index is 0.219. The van der Waals surface area contributed by atoms with E-state index in [2.05, 4.69) is 11.9 Å². The number of benzene rings is 1. The largest absolute Gasteiger partial charge is 0.380 e. The number of likely N-dealkylation sites (N-methyl/N-ethyl adjacent to an activating group) is 1. The van der Waals surface area contributed by atoms with Crippen molar-refractivity contribution in [2.75, 3.05) is 20.3 Å². The van der Waals surface area contributed by atoms with Gasteiger partial charge in [-0.3, -0.25) is 4.90 Å². The van der Waals surface area contributed by atoms with Crippen molar-refractivity contribution in [3.05, 3.63) is 35.1 Å². The average molecular weight is 238 g/mol. The van der Waals surface area contributed by atoms with E-state index in [9.17, 15) is 4.39 Å². The molecule has 0 aromatic heterocycles. The normalized spacial score (nSPS) is 20.1. The highest BCUT2D eigenvalue weighted by atomic mass is 19.1. The zero-order valence-electron chi connectivity index (χ0n) is 10.2. The number of halogens is 1. The summed E-state index contributed by atoms with van der Waals surface area (Å²) in [5.41, 5.74) is 7.18. The number of hydrogen-bond donors (Lipinski definition) is 1. The molecule has 1 atom stereocenters. The van der Waals surface area contributed by atoms with E-state index in [4.69, 9.17) is 10.5 Å². The average Bonchev–Trinajstić information content (AvgIpc) is 2.85. The van der Waals surface area contributed by atoms with Gasteiger partial charge in [0, 0.05) is 31.3 Å². The Balaban J connectivity index is 2.02. The van der Waals surface area contributed by atoms with Crippen LogP contribution in [0.2, 0.25) is 0 Å². The molecule has 1 aliphatic heterocycles. The Kier molecular flexibility index (Phi) is 4.10. The summed E-state index contributed by atoms with van der Waals surface area (Å²) in [6.07, 6.45) is 1.07. The predicted octanol–water partition coefficient (Wildman–Crippen LogP) is 1.51. The SMILES string of the molecule is CN(Cc1ccc(F)c(CN)c1)C1CCOC1. The molecule has 0 radical (unpaired) electrons. The zero-order chi connectivity index (χ0) is 12.3. The monoisotopic (exact) mass is 238 g/mol. The molecule has 94 valence electrons. The third-order valence-electron chi connectivity index (χ3n) is 3.29. The molecule has 0 aliphatic carbocycles. The van der Waals surface area contributed by atoms with Crippen molar-refractivity contribution in [3.8, 4) is 0 Å². The lowest BCUT2D eigenvalue weighted by Crippen LogP contribution is -2.31.